The molecule has 48 heavy (non-hydrogen) atoms. The quantitative estimate of drug-likeness (QED) is 0.196. The zero-order valence-electron chi connectivity index (χ0n) is 26.8. The van der Waals surface area contributed by atoms with Gasteiger partial charge >= 0.3 is 0 Å². The maximum atomic E-state index is 6.41. The van der Waals surface area contributed by atoms with Crippen LogP contribution in [-0.4, -0.2) is 4.57 Å². The zero-order chi connectivity index (χ0) is 32.0. The lowest BCUT2D eigenvalue weighted by Crippen LogP contribution is -2.15. The van der Waals surface area contributed by atoms with Crippen molar-refractivity contribution >= 4 is 60.8 Å². The fourth-order valence-electron chi connectivity index (χ4n) is 8.17. The second-order valence-corrected chi connectivity index (χ2v) is 13.4. The highest BCUT2D eigenvalue weighted by molar-refractivity contribution is 6.15. The molecular formula is C45H32N2O. The summed E-state index contributed by atoms with van der Waals surface area (Å²) in [7, 11) is 0. The number of furan rings is 1. The first-order valence-electron chi connectivity index (χ1n) is 16.6. The highest BCUT2D eigenvalue weighted by Gasteiger charge is 2.35. The molecular weight excluding hydrogens is 585 g/mol. The summed E-state index contributed by atoms with van der Waals surface area (Å²) in [5, 5.41) is 4.67. The monoisotopic (exact) mass is 616 g/mol. The molecule has 10 rings (SSSR count). The van der Waals surface area contributed by atoms with Crippen LogP contribution in [-0.2, 0) is 5.41 Å². The van der Waals surface area contributed by atoms with Gasteiger partial charge in [0.1, 0.15) is 11.2 Å². The van der Waals surface area contributed by atoms with Gasteiger partial charge in [0.15, 0.2) is 0 Å². The molecule has 0 saturated heterocycles. The number of benzene rings is 7. The molecule has 0 fully saturated rings. The number of hydrogen-bond donors (Lipinski definition) is 0. The molecule has 0 radical (unpaired) electrons. The fraction of sp³-hybridized carbons (Fsp3) is 0.0667. The van der Waals surface area contributed by atoms with E-state index in [0.29, 0.717) is 0 Å². The smallest absolute Gasteiger partial charge is 0.137 e. The Bertz CT molecular complexity index is 2710. The van der Waals surface area contributed by atoms with Gasteiger partial charge in [0.25, 0.3) is 0 Å². The second kappa shape index (κ2) is 9.97. The van der Waals surface area contributed by atoms with Crippen LogP contribution in [0, 0.1) is 0 Å². The molecule has 0 unspecified atom stereocenters. The molecule has 0 saturated carbocycles. The van der Waals surface area contributed by atoms with Crippen molar-refractivity contribution in [2.75, 3.05) is 4.90 Å². The van der Waals surface area contributed by atoms with Crippen molar-refractivity contribution in [1.82, 2.24) is 4.57 Å². The first kappa shape index (κ1) is 27.1. The highest BCUT2D eigenvalue weighted by Crippen LogP contribution is 2.51. The third kappa shape index (κ3) is 3.76. The van der Waals surface area contributed by atoms with Gasteiger partial charge in [-0.05, 0) is 89.0 Å². The van der Waals surface area contributed by atoms with E-state index in [2.05, 4.69) is 175 Å². The second-order valence-electron chi connectivity index (χ2n) is 13.4. The molecule has 0 spiro atoms. The van der Waals surface area contributed by atoms with Crippen LogP contribution in [0.25, 0.3) is 60.6 Å². The van der Waals surface area contributed by atoms with E-state index in [1.807, 2.05) is 6.07 Å². The molecule has 7 aromatic carbocycles. The number of fused-ring (bicyclic) bond motifs is 9. The van der Waals surface area contributed by atoms with E-state index in [1.54, 1.807) is 0 Å². The number of nitrogens with zero attached hydrogens (tertiary/aromatic N) is 2. The molecule has 3 nitrogen and oxygen atoms in total. The van der Waals surface area contributed by atoms with Crippen molar-refractivity contribution in [3.8, 4) is 16.8 Å². The van der Waals surface area contributed by atoms with Gasteiger partial charge in [0, 0.05) is 38.6 Å². The Kier molecular flexibility index (Phi) is 5.63. The van der Waals surface area contributed by atoms with E-state index in [4.69, 9.17) is 4.42 Å². The summed E-state index contributed by atoms with van der Waals surface area (Å²) in [5.41, 5.74) is 13.9. The minimum Gasteiger partial charge on any atom is -0.456 e. The average molecular weight is 617 g/mol. The molecule has 0 aliphatic heterocycles. The van der Waals surface area contributed by atoms with Crippen molar-refractivity contribution in [2.45, 2.75) is 19.3 Å². The number of aromatic nitrogens is 1. The maximum Gasteiger partial charge on any atom is 0.137 e. The van der Waals surface area contributed by atoms with E-state index in [0.717, 1.165) is 44.7 Å². The van der Waals surface area contributed by atoms with Gasteiger partial charge in [-0.2, -0.15) is 0 Å². The zero-order valence-corrected chi connectivity index (χ0v) is 26.8. The largest absolute Gasteiger partial charge is 0.456 e. The standard InChI is InChI=1S/C45H32N2O/c1-45(2)37-18-9-6-15-32(37)35-27-30(23-25-38(35)45)46(41-20-12-22-43-44(41)34-17-8-11-21-42(34)48-43)31-24-26-40-36(28-31)33-16-7-10-19-39(33)47(40)29-13-4-3-5-14-29/h3-28H,1-2H3. The minimum absolute atomic E-state index is 0.0613. The fourth-order valence-corrected chi connectivity index (χ4v) is 8.17. The van der Waals surface area contributed by atoms with Gasteiger partial charge < -0.3 is 13.9 Å². The van der Waals surface area contributed by atoms with E-state index in [-0.39, 0.29) is 5.41 Å². The molecule has 1 aliphatic rings. The Hall–Kier alpha value is -6.06. The van der Waals surface area contributed by atoms with Crippen molar-refractivity contribution in [3.63, 3.8) is 0 Å². The van der Waals surface area contributed by atoms with Crippen molar-refractivity contribution in [3.05, 3.63) is 169 Å². The van der Waals surface area contributed by atoms with Crippen molar-refractivity contribution in [1.29, 1.82) is 0 Å². The summed E-state index contributed by atoms with van der Waals surface area (Å²) in [6.07, 6.45) is 0. The van der Waals surface area contributed by atoms with Crippen LogP contribution in [0.5, 0.6) is 0 Å². The topological polar surface area (TPSA) is 21.3 Å². The van der Waals surface area contributed by atoms with Gasteiger partial charge in [0.05, 0.1) is 22.1 Å². The van der Waals surface area contributed by atoms with E-state index in [9.17, 15) is 0 Å². The predicted octanol–water partition coefficient (Wildman–Crippen LogP) is 12.5. The molecule has 0 bridgehead atoms. The van der Waals surface area contributed by atoms with E-state index in [1.165, 1.54) is 44.1 Å². The summed E-state index contributed by atoms with van der Waals surface area (Å²) < 4.78 is 8.79. The van der Waals surface area contributed by atoms with Crippen molar-refractivity contribution in [2.24, 2.45) is 0 Å². The van der Waals surface area contributed by atoms with Crippen LogP contribution in [0.3, 0.4) is 0 Å². The molecule has 0 atom stereocenters. The number of anilines is 3. The lowest BCUT2D eigenvalue weighted by Gasteiger charge is -2.28. The van der Waals surface area contributed by atoms with Gasteiger partial charge in [-0.1, -0.05) is 105 Å². The van der Waals surface area contributed by atoms with Crippen LogP contribution >= 0.6 is 0 Å². The number of para-hydroxylation sites is 3. The Labute approximate surface area is 278 Å². The molecule has 228 valence electrons. The third-order valence-corrected chi connectivity index (χ3v) is 10.4. The molecule has 2 heterocycles. The van der Waals surface area contributed by atoms with Gasteiger partial charge in [-0.15, -0.1) is 0 Å². The third-order valence-electron chi connectivity index (χ3n) is 10.4. The molecule has 0 N–H and O–H groups in total. The molecule has 9 aromatic rings. The first-order chi connectivity index (χ1) is 23.6. The van der Waals surface area contributed by atoms with Crippen LogP contribution in [0.15, 0.2) is 162 Å². The van der Waals surface area contributed by atoms with Crippen LogP contribution < -0.4 is 4.90 Å². The molecule has 3 heteroatoms. The number of rotatable bonds is 4. The van der Waals surface area contributed by atoms with Crippen molar-refractivity contribution < 1.29 is 4.42 Å². The van der Waals surface area contributed by atoms with Gasteiger partial charge in [0.2, 0.25) is 0 Å². The van der Waals surface area contributed by atoms with E-state index < -0.39 is 0 Å². The Morgan fingerprint density at radius 2 is 1.17 bits per heavy atom. The Balaban J connectivity index is 1.27. The van der Waals surface area contributed by atoms with Gasteiger partial charge in [-0.25, -0.2) is 0 Å². The summed E-state index contributed by atoms with van der Waals surface area (Å²) >= 11 is 0. The van der Waals surface area contributed by atoms with Crippen LogP contribution in [0.2, 0.25) is 0 Å². The first-order valence-corrected chi connectivity index (χ1v) is 16.6. The Morgan fingerprint density at radius 1 is 0.500 bits per heavy atom. The predicted molar refractivity (Wildman–Crippen MR) is 200 cm³/mol. The number of hydrogen-bond acceptors (Lipinski definition) is 2. The minimum atomic E-state index is -0.0613. The summed E-state index contributed by atoms with van der Waals surface area (Å²) in [6.45, 7) is 4.67. The van der Waals surface area contributed by atoms with E-state index >= 15 is 0 Å². The normalized spacial score (nSPS) is 13.4. The lowest BCUT2D eigenvalue weighted by molar-refractivity contribution is 0.660. The maximum absolute atomic E-state index is 6.41. The van der Waals surface area contributed by atoms with Gasteiger partial charge in [-0.3, -0.25) is 0 Å². The highest BCUT2D eigenvalue weighted by atomic mass is 16.3. The summed E-state index contributed by atoms with van der Waals surface area (Å²) in [4.78, 5) is 2.42. The average Bonchev–Trinajstić information content (AvgIpc) is 3.75. The summed E-state index contributed by atoms with van der Waals surface area (Å²) in [5.74, 6) is 0. The lowest BCUT2D eigenvalue weighted by atomic mass is 9.82. The Morgan fingerprint density at radius 3 is 2.06 bits per heavy atom. The SMILES string of the molecule is CC1(C)c2ccccc2-c2cc(N(c3ccc4c(c3)c3ccccc3n4-c3ccccc3)c3cccc4oc5ccccc5c34)ccc21. The van der Waals surface area contributed by atoms with Crippen LogP contribution in [0.4, 0.5) is 17.1 Å². The molecule has 2 aromatic heterocycles. The van der Waals surface area contributed by atoms with Crippen LogP contribution in [0.1, 0.15) is 25.0 Å². The molecule has 1 aliphatic carbocycles. The molecule has 0 amide bonds. The summed E-state index contributed by atoms with van der Waals surface area (Å²) in [6, 6.07) is 57.0.